The summed E-state index contributed by atoms with van der Waals surface area (Å²) in [5.74, 6) is 0.593. The van der Waals surface area contributed by atoms with E-state index in [0.29, 0.717) is 18.5 Å². The fourth-order valence-electron chi connectivity index (χ4n) is 1.74. The van der Waals surface area contributed by atoms with Gasteiger partial charge in [0, 0.05) is 6.54 Å². The molecule has 0 saturated carbocycles. The van der Waals surface area contributed by atoms with Crippen molar-refractivity contribution in [3.8, 4) is 0 Å². The fraction of sp³-hybridized carbons (Fsp3) is 0.385. The summed E-state index contributed by atoms with van der Waals surface area (Å²) in [6.45, 7) is 3.49. The van der Waals surface area contributed by atoms with E-state index in [9.17, 15) is 0 Å². The van der Waals surface area contributed by atoms with Crippen molar-refractivity contribution in [2.45, 2.75) is 19.9 Å². The lowest BCUT2D eigenvalue weighted by Gasteiger charge is -2.05. The van der Waals surface area contributed by atoms with Crippen LogP contribution in [-0.2, 0) is 13.0 Å². The van der Waals surface area contributed by atoms with Crippen LogP contribution in [0, 0.1) is 6.92 Å². The maximum atomic E-state index is 5.40. The smallest absolute Gasteiger partial charge is 0.315 e. The molecule has 0 bridgehead atoms. The van der Waals surface area contributed by atoms with E-state index in [0.717, 1.165) is 13.0 Å². The third kappa shape index (κ3) is 3.30. The van der Waals surface area contributed by atoms with Gasteiger partial charge in [-0.2, -0.15) is 0 Å². The minimum Gasteiger partial charge on any atom is -0.407 e. The molecule has 0 aliphatic rings. The van der Waals surface area contributed by atoms with Crippen LogP contribution in [0.25, 0.3) is 0 Å². The average Bonchev–Trinajstić information content (AvgIpc) is 2.80. The van der Waals surface area contributed by atoms with Crippen LogP contribution in [0.3, 0.4) is 0 Å². The van der Waals surface area contributed by atoms with Crippen molar-refractivity contribution in [3.63, 3.8) is 0 Å². The Labute approximate surface area is 107 Å². The Morgan fingerprint density at radius 1 is 1.22 bits per heavy atom. The SMILES string of the molecule is CNCc1nnc(NCCc2ccccc2C)o1. The molecule has 18 heavy (non-hydrogen) atoms. The summed E-state index contributed by atoms with van der Waals surface area (Å²) in [7, 11) is 1.84. The van der Waals surface area contributed by atoms with E-state index in [2.05, 4.69) is 46.0 Å². The number of rotatable bonds is 6. The minimum absolute atomic E-state index is 0.480. The second kappa shape index (κ2) is 6.16. The van der Waals surface area contributed by atoms with Crippen LogP contribution in [0.5, 0.6) is 0 Å². The zero-order valence-electron chi connectivity index (χ0n) is 10.7. The summed E-state index contributed by atoms with van der Waals surface area (Å²) in [6.07, 6.45) is 0.941. The van der Waals surface area contributed by atoms with Crippen molar-refractivity contribution in [1.29, 1.82) is 0 Å². The molecule has 0 unspecified atom stereocenters. The van der Waals surface area contributed by atoms with Crippen molar-refractivity contribution in [2.75, 3.05) is 18.9 Å². The second-order valence-corrected chi connectivity index (χ2v) is 4.13. The molecule has 0 radical (unpaired) electrons. The zero-order valence-corrected chi connectivity index (χ0v) is 10.7. The first-order valence-electron chi connectivity index (χ1n) is 6.05. The number of benzene rings is 1. The molecule has 0 atom stereocenters. The molecule has 2 rings (SSSR count). The van der Waals surface area contributed by atoms with E-state index in [1.165, 1.54) is 11.1 Å². The standard InChI is InChI=1S/C13H18N4O/c1-10-5-3-4-6-11(10)7-8-15-13-17-16-12(18-13)9-14-2/h3-6,14H,7-9H2,1-2H3,(H,15,17). The molecule has 2 N–H and O–H groups in total. The van der Waals surface area contributed by atoms with E-state index < -0.39 is 0 Å². The number of aromatic nitrogens is 2. The van der Waals surface area contributed by atoms with Crippen LogP contribution >= 0.6 is 0 Å². The van der Waals surface area contributed by atoms with Gasteiger partial charge in [-0.15, -0.1) is 5.10 Å². The van der Waals surface area contributed by atoms with Crippen molar-refractivity contribution in [3.05, 3.63) is 41.3 Å². The number of nitrogens with zero attached hydrogens (tertiary/aromatic N) is 2. The Kier molecular flexibility index (Phi) is 4.30. The Bertz CT molecular complexity index is 495. The monoisotopic (exact) mass is 246 g/mol. The van der Waals surface area contributed by atoms with E-state index >= 15 is 0 Å². The Hall–Kier alpha value is -1.88. The average molecular weight is 246 g/mol. The Balaban J connectivity index is 1.83. The second-order valence-electron chi connectivity index (χ2n) is 4.13. The molecular formula is C13H18N4O. The highest BCUT2D eigenvalue weighted by atomic mass is 16.4. The molecule has 5 heteroatoms. The number of nitrogens with one attached hydrogen (secondary N) is 2. The fourth-order valence-corrected chi connectivity index (χ4v) is 1.74. The first-order chi connectivity index (χ1) is 8.79. The van der Waals surface area contributed by atoms with Crippen LogP contribution in [0.2, 0.25) is 0 Å². The minimum atomic E-state index is 0.480. The largest absolute Gasteiger partial charge is 0.407 e. The quantitative estimate of drug-likeness (QED) is 0.813. The van der Waals surface area contributed by atoms with Gasteiger partial charge in [-0.3, -0.25) is 0 Å². The van der Waals surface area contributed by atoms with Gasteiger partial charge in [0.25, 0.3) is 0 Å². The molecule has 1 aromatic heterocycles. The molecular weight excluding hydrogens is 228 g/mol. The first-order valence-corrected chi connectivity index (χ1v) is 6.05. The number of hydrogen-bond acceptors (Lipinski definition) is 5. The highest BCUT2D eigenvalue weighted by Crippen LogP contribution is 2.09. The zero-order chi connectivity index (χ0) is 12.8. The highest BCUT2D eigenvalue weighted by molar-refractivity contribution is 5.27. The predicted molar refractivity (Wildman–Crippen MR) is 70.4 cm³/mol. The summed E-state index contributed by atoms with van der Waals surface area (Å²) >= 11 is 0. The third-order valence-corrected chi connectivity index (χ3v) is 2.73. The van der Waals surface area contributed by atoms with Crippen molar-refractivity contribution in [2.24, 2.45) is 0 Å². The third-order valence-electron chi connectivity index (χ3n) is 2.73. The molecule has 1 aromatic carbocycles. The van der Waals surface area contributed by atoms with Gasteiger partial charge in [0.05, 0.1) is 6.54 Å². The maximum Gasteiger partial charge on any atom is 0.315 e. The van der Waals surface area contributed by atoms with Crippen molar-refractivity contribution in [1.82, 2.24) is 15.5 Å². The molecule has 0 saturated heterocycles. The summed E-state index contributed by atoms with van der Waals surface area (Å²) in [6, 6.07) is 8.84. The van der Waals surface area contributed by atoms with Crippen molar-refractivity contribution >= 4 is 6.01 Å². The molecule has 0 amide bonds. The first kappa shape index (κ1) is 12.6. The molecule has 0 fully saturated rings. The van der Waals surface area contributed by atoms with Gasteiger partial charge in [0.1, 0.15) is 0 Å². The van der Waals surface area contributed by atoms with E-state index in [4.69, 9.17) is 4.42 Å². The highest BCUT2D eigenvalue weighted by Gasteiger charge is 2.04. The van der Waals surface area contributed by atoms with Crippen LogP contribution in [0.15, 0.2) is 28.7 Å². The molecule has 1 heterocycles. The number of hydrogen-bond donors (Lipinski definition) is 2. The van der Waals surface area contributed by atoms with E-state index in [1.807, 2.05) is 13.1 Å². The van der Waals surface area contributed by atoms with Gasteiger partial charge in [-0.05, 0) is 31.5 Å². The van der Waals surface area contributed by atoms with Gasteiger partial charge < -0.3 is 15.1 Å². The molecule has 2 aromatic rings. The molecule has 5 nitrogen and oxygen atoms in total. The Morgan fingerprint density at radius 3 is 2.83 bits per heavy atom. The summed E-state index contributed by atoms with van der Waals surface area (Å²) in [4.78, 5) is 0. The topological polar surface area (TPSA) is 63.0 Å². The van der Waals surface area contributed by atoms with Crippen LogP contribution in [-0.4, -0.2) is 23.8 Å². The molecule has 0 spiro atoms. The summed E-state index contributed by atoms with van der Waals surface area (Å²) in [5, 5.41) is 13.9. The van der Waals surface area contributed by atoms with Crippen LogP contribution in [0.1, 0.15) is 17.0 Å². The maximum absolute atomic E-state index is 5.40. The van der Waals surface area contributed by atoms with Crippen LogP contribution < -0.4 is 10.6 Å². The van der Waals surface area contributed by atoms with Crippen LogP contribution in [0.4, 0.5) is 6.01 Å². The predicted octanol–water partition coefficient (Wildman–Crippen LogP) is 1.75. The lowest BCUT2D eigenvalue weighted by atomic mass is 10.1. The number of aryl methyl sites for hydroxylation is 1. The van der Waals surface area contributed by atoms with Gasteiger partial charge in [-0.1, -0.05) is 29.4 Å². The summed E-state index contributed by atoms with van der Waals surface area (Å²) in [5.41, 5.74) is 2.64. The Morgan fingerprint density at radius 2 is 2.06 bits per heavy atom. The summed E-state index contributed by atoms with van der Waals surface area (Å²) < 4.78 is 5.40. The van der Waals surface area contributed by atoms with Gasteiger partial charge in [0.2, 0.25) is 5.89 Å². The van der Waals surface area contributed by atoms with Gasteiger partial charge >= 0.3 is 6.01 Å². The molecule has 96 valence electrons. The molecule has 0 aliphatic heterocycles. The number of anilines is 1. The lowest BCUT2D eigenvalue weighted by Crippen LogP contribution is -2.06. The van der Waals surface area contributed by atoms with Gasteiger partial charge in [-0.25, -0.2) is 0 Å². The normalized spacial score (nSPS) is 10.6. The van der Waals surface area contributed by atoms with Crippen molar-refractivity contribution < 1.29 is 4.42 Å². The molecule has 0 aliphatic carbocycles. The van der Waals surface area contributed by atoms with Gasteiger partial charge in [0.15, 0.2) is 0 Å². The lowest BCUT2D eigenvalue weighted by molar-refractivity contribution is 0.489. The van der Waals surface area contributed by atoms with E-state index in [-0.39, 0.29) is 0 Å². The van der Waals surface area contributed by atoms with E-state index in [1.54, 1.807) is 0 Å².